The molecule has 0 spiro atoms. The Bertz CT molecular complexity index is 923. The number of hydrogen-bond donors (Lipinski definition) is 0. The molecule has 3 rings (SSSR count). The van der Waals surface area contributed by atoms with E-state index in [9.17, 15) is 25.8 Å². The average Bonchev–Trinajstić information content (AvgIpc) is 3.06. The molecule has 0 amide bonds. The topological polar surface area (TPSA) is 49.7 Å². The van der Waals surface area contributed by atoms with Crippen LogP contribution in [0.25, 0.3) is 11.0 Å². The molecule has 15 heteroatoms. The van der Waals surface area contributed by atoms with Crippen LogP contribution in [0, 0.1) is 0 Å². The van der Waals surface area contributed by atoms with Crippen molar-refractivity contribution in [3.05, 3.63) is 35.7 Å². The van der Waals surface area contributed by atoms with Crippen molar-refractivity contribution in [2.75, 3.05) is 42.3 Å². The number of benzene rings is 1. The number of hydrogen-bond acceptors (Lipinski definition) is 6. The predicted octanol–water partition coefficient (Wildman–Crippen LogP) is 4.83. The number of alkyl halides is 1. The van der Waals surface area contributed by atoms with Crippen molar-refractivity contribution in [2.24, 2.45) is 0 Å². The number of rotatable bonds is 5. The standard InChI is InChI=1S/C12H22N6OP.C3HF6P/c1-15(2)20(16(3)4,17(5)6)19-18-12-10-8-7-9-11(12)13-14-18;4-1-2(5)10(7,8,9)3(1)6/h7-10H,1-6H3;2H/q+1;. The van der Waals surface area contributed by atoms with E-state index in [1.165, 1.54) is 4.85 Å². The summed E-state index contributed by atoms with van der Waals surface area (Å²) in [5, 5.41) is 8.25. The van der Waals surface area contributed by atoms with Crippen LogP contribution in [0.2, 0.25) is 0 Å². The Morgan fingerprint density at radius 1 is 0.967 bits per heavy atom. The van der Waals surface area contributed by atoms with E-state index in [2.05, 4.69) is 24.3 Å². The van der Waals surface area contributed by atoms with Gasteiger partial charge in [0, 0.05) is 42.3 Å². The van der Waals surface area contributed by atoms with E-state index in [1.807, 2.05) is 66.6 Å². The van der Waals surface area contributed by atoms with E-state index in [0.717, 1.165) is 11.0 Å². The van der Waals surface area contributed by atoms with Crippen LogP contribution in [0.5, 0.6) is 0 Å². The normalized spacial score (nSPS) is 21.8. The number of fused-ring (bicyclic) bond motifs is 1. The van der Waals surface area contributed by atoms with Crippen molar-refractivity contribution in [3.8, 4) is 0 Å². The molecule has 0 saturated carbocycles. The molecule has 0 N–H and O–H groups in total. The molecule has 0 fully saturated rings. The first-order chi connectivity index (χ1) is 13.6. The molecule has 30 heavy (non-hydrogen) atoms. The Kier molecular flexibility index (Phi) is 6.76. The monoisotopic (exact) mass is 479 g/mol. The zero-order valence-electron chi connectivity index (χ0n) is 17.1. The van der Waals surface area contributed by atoms with Crippen molar-refractivity contribution >= 4 is 26.5 Å². The number of aromatic nitrogens is 3. The molecule has 0 saturated heterocycles. The Hall–Kier alpha value is -1.52. The van der Waals surface area contributed by atoms with E-state index < -0.39 is 32.8 Å². The van der Waals surface area contributed by atoms with Crippen LogP contribution in [0.4, 0.5) is 25.8 Å². The van der Waals surface area contributed by atoms with E-state index in [-0.39, 0.29) is 0 Å². The molecule has 2 aromatic rings. The van der Waals surface area contributed by atoms with Gasteiger partial charge in [-0.25, -0.2) is 0 Å². The molecule has 0 bridgehead atoms. The minimum absolute atomic E-state index is 0.821. The second kappa shape index (κ2) is 8.20. The molecule has 0 aliphatic carbocycles. The molecule has 1 aromatic heterocycles. The fraction of sp³-hybridized carbons (Fsp3) is 0.467. The summed E-state index contributed by atoms with van der Waals surface area (Å²) < 4.78 is 82.2. The van der Waals surface area contributed by atoms with E-state index in [1.54, 1.807) is 0 Å². The summed E-state index contributed by atoms with van der Waals surface area (Å²) in [5.74, 6) is -5.98. The van der Waals surface area contributed by atoms with Crippen LogP contribution in [0.1, 0.15) is 0 Å². The summed E-state index contributed by atoms with van der Waals surface area (Å²) in [6.07, 6.45) is 0. The maximum atomic E-state index is 11.7. The Balaban J connectivity index is 0.000000269. The van der Waals surface area contributed by atoms with Gasteiger partial charge in [-0.1, -0.05) is 12.1 Å². The van der Waals surface area contributed by atoms with Gasteiger partial charge in [-0.05, 0) is 22.2 Å². The van der Waals surface area contributed by atoms with Gasteiger partial charge in [-0.3, -0.25) is 0 Å². The molecule has 2 heterocycles. The van der Waals surface area contributed by atoms with Crippen LogP contribution < -0.4 is 4.62 Å². The third-order valence-corrected chi connectivity index (χ3v) is 9.54. The first kappa shape index (κ1) is 24.7. The fourth-order valence-corrected chi connectivity index (χ4v) is 6.67. The third kappa shape index (κ3) is 4.01. The number of allylic oxidation sites excluding steroid dienone is 1. The Morgan fingerprint density at radius 2 is 1.47 bits per heavy atom. The van der Waals surface area contributed by atoms with Gasteiger partial charge in [0.25, 0.3) is 0 Å². The van der Waals surface area contributed by atoms with Crippen molar-refractivity contribution < 1.29 is 30.4 Å². The first-order valence-electron chi connectivity index (χ1n) is 8.45. The van der Waals surface area contributed by atoms with Gasteiger partial charge in [0.1, 0.15) is 11.0 Å². The van der Waals surface area contributed by atoms with Crippen LogP contribution in [0.15, 0.2) is 35.7 Å². The van der Waals surface area contributed by atoms with Gasteiger partial charge in [0.2, 0.25) is 0 Å². The zero-order chi connectivity index (χ0) is 23.1. The van der Waals surface area contributed by atoms with Gasteiger partial charge < -0.3 is 0 Å². The van der Waals surface area contributed by atoms with Gasteiger partial charge >= 0.3 is 58.5 Å². The van der Waals surface area contributed by atoms with Crippen molar-refractivity contribution in [1.82, 2.24) is 29.2 Å². The van der Waals surface area contributed by atoms with E-state index >= 15 is 0 Å². The minimum atomic E-state index is -7.51. The number of para-hydroxylation sites is 1. The second-order valence-corrected chi connectivity index (χ2v) is 13.1. The molecule has 0 radical (unpaired) electrons. The summed E-state index contributed by atoms with van der Waals surface area (Å²) in [6, 6.07) is 7.76. The Labute approximate surface area is 170 Å². The van der Waals surface area contributed by atoms with Gasteiger partial charge in [-0.2, -0.15) is 4.62 Å². The molecule has 1 aliphatic rings. The number of halogens is 6. The fourth-order valence-electron chi connectivity index (χ4n) is 2.80. The summed E-state index contributed by atoms with van der Waals surface area (Å²) in [7, 11) is 2.39. The summed E-state index contributed by atoms with van der Waals surface area (Å²) in [5.41, 5.74) is -1.15. The SMILES string of the molecule is CN(C)[P+](On1nnc2ccccc21)(N(C)C)N(C)C.FC1=C(F)P(F)(F)(F)C1F. The summed E-state index contributed by atoms with van der Waals surface area (Å²) >= 11 is 0. The average molecular weight is 479 g/mol. The molecular formula is C15H23F6N6OP2+. The molecule has 1 aliphatic heterocycles. The third-order valence-electron chi connectivity index (χ3n) is 4.18. The molecule has 170 valence electrons. The zero-order valence-corrected chi connectivity index (χ0v) is 18.9. The van der Waals surface area contributed by atoms with Gasteiger partial charge in [-0.15, -0.1) is 19.1 Å². The van der Waals surface area contributed by atoms with Crippen molar-refractivity contribution in [1.29, 1.82) is 0 Å². The molecule has 1 aromatic carbocycles. The van der Waals surface area contributed by atoms with Gasteiger partial charge in [0.15, 0.2) is 0 Å². The quantitative estimate of drug-likeness (QED) is 0.452. The first-order valence-corrected chi connectivity index (χ1v) is 12.0. The van der Waals surface area contributed by atoms with Crippen LogP contribution >= 0.6 is 15.5 Å². The van der Waals surface area contributed by atoms with E-state index in [0.29, 0.717) is 0 Å². The van der Waals surface area contributed by atoms with Crippen molar-refractivity contribution in [2.45, 2.75) is 5.91 Å². The van der Waals surface area contributed by atoms with Crippen LogP contribution in [-0.4, -0.2) is 77.4 Å². The van der Waals surface area contributed by atoms with Crippen molar-refractivity contribution in [3.63, 3.8) is 0 Å². The predicted molar refractivity (Wildman–Crippen MR) is 106 cm³/mol. The van der Waals surface area contributed by atoms with Crippen LogP contribution in [0.3, 0.4) is 0 Å². The molecule has 1 unspecified atom stereocenters. The summed E-state index contributed by atoms with van der Waals surface area (Å²) in [6.45, 7) is 0. The second-order valence-electron chi connectivity index (χ2n) is 6.93. The Morgan fingerprint density at radius 3 is 1.87 bits per heavy atom. The maximum absolute atomic E-state index is 11.7. The summed E-state index contributed by atoms with van der Waals surface area (Å²) in [4.78, 5) is 1.52. The van der Waals surface area contributed by atoms with Gasteiger partial charge in [0.05, 0.1) is 0 Å². The molecule has 1 atom stereocenters. The number of nitrogens with zero attached hydrogens (tertiary/aromatic N) is 6. The molecular weight excluding hydrogens is 456 g/mol. The molecule has 7 nitrogen and oxygen atoms in total. The van der Waals surface area contributed by atoms with E-state index in [4.69, 9.17) is 4.62 Å². The van der Waals surface area contributed by atoms with Crippen LogP contribution in [-0.2, 0) is 0 Å².